The number of aryl methyl sites for hydroxylation is 1. The molecule has 0 saturated carbocycles. The van der Waals surface area contributed by atoms with Crippen molar-refractivity contribution in [3.8, 4) is 0 Å². The highest BCUT2D eigenvalue weighted by Gasteiger charge is 2.32. The molecule has 0 spiro atoms. The largest absolute Gasteiger partial charge is 0.373 e. The molecular weight excluding hydrogens is 494 g/mol. The molecule has 34 heavy (non-hydrogen) atoms. The quantitative estimate of drug-likeness (QED) is 0.468. The molecule has 0 aliphatic carbocycles. The number of aromatic nitrogens is 1. The van der Waals surface area contributed by atoms with Crippen LogP contribution in [0.25, 0.3) is 10.2 Å². The minimum Gasteiger partial charge on any atom is -0.373 e. The summed E-state index contributed by atoms with van der Waals surface area (Å²) in [7, 11) is -3.68. The number of ether oxygens (including phenoxy) is 1. The van der Waals surface area contributed by atoms with Crippen molar-refractivity contribution in [2.45, 2.75) is 44.4 Å². The third-order valence-electron chi connectivity index (χ3n) is 5.66. The molecule has 2 heterocycles. The lowest BCUT2D eigenvalue weighted by molar-refractivity contribution is -0.0440. The second-order valence-corrected chi connectivity index (χ2v) is 11.7. The van der Waals surface area contributed by atoms with E-state index in [0.717, 1.165) is 15.8 Å². The topological polar surface area (TPSA) is 81.0 Å². The predicted molar refractivity (Wildman–Crippen MR) is 135 cm³/mol. The van der Waals surface area contributed by atoms with Gasteiger partial charge in [0.05, 0.1) is 27.3 Å². The molecule has 1 aliphatic heterocycles. The van der Waals surface area contributed by atoms with Gasteiger partial charge >= 0.3 is 0 Å². The third kappa shape index (κ3) is 4.76. The van der Waals surface area contributed by atoms with Gasteiger partial charge in [0.25, 0.3) is 5.91 Å². The smallest absolute Gasteiger partial charge is 0.279 e. The number of amides is 1. The van der Waals surface area contributed by atoms with Gasteiger partial charge in [-0.1, -0.05) is 29.0 Å². The Bertz CT molecular complexity index is 1410. The van der Waals surface area contributed by atoms with Gasteiger partial charge in [0.15, 0.2) is 4.80 Å². The normalized spacial score (nSPS) is 20.1. The molecule has 0 radical (unpaired) electrons. The monoisotopic (exact) mass is 519 g/mol. The molecule has 10 heteroatoms. The Balaban J connectivity index is 1.66. The fourth-order valence-electron chi connectivity index (χ4n) is 4.10. The highest BCUT2D eigenvalue weighted by molar-refractivity contribution is 7.89. The molecule has 0 bridgehead atoms. The number of hydrogen-bond acceptors (Lipinski definition) is 5. The lowest BCUT2D eigenvalue weighted by Crippen LogP contribution is -2.48. The average Bonchev–Trinajstić information content (AvgIpc) is 3.13. The maximum absolute atomic E-state index is 13.1. The highest BCUT2D eigenvalue weighted by atomic mass is 35.5. The number of allylic oxidation sites excluding steroid dienone is 1. The number of nitrogens with zero attached hydrogens (tertiary/aromatic N) is 3. The van der Waals surface area contributed by atoms with E-state index in [1.165, 1.54) is 39.9 Å². The number of sulfonamides is 1. The van der Waals surface area contributed by atoms with Crippen LogP contribution in [0, 0.1) is 6.92 Å². The van der Waals surface area contributed by atoms with Gasteiger partial charge in [0.1, 0.15) is 0 Å². The van der Waals surface area contributed by atoms with Crippen LogP contribution >= 0.6 is 22.9 Å². The number of fused-ring (bicyclic) bond motifs is 1. The minimum atomic E-state index is -3.68. The molecule has 1 aliphatic rings. The molecular formula is C24H26ClN3O4S2. The van der Waals surface area contributed by atoms with Crippen molar-refractivity contribution in [1.29, 1.82) is 0 Å². The molecule has 2 aromatic carbocycles. The van der Waals surface area contributed by atoms with Gasteiger partial charge in [-0.25, -0.2) is 8.42 Å². The standard InChI is InChI=1S/C24H26ClN3O4S2/c1-5-12-28-22-17(4)20(25)10-11-21(22)33-24(28)26-23(29)18-6-8-19(9-7-18)34(30,31)27-13-15(2)32-16(3)14-27/h5-11,15-16H,1,12-14H2,2-4H3. The Kier molecular flexibility index (Phi) is 7.12. The Morgan fingerprint density at radius 2 is 1.85 bits per heavy atom. The first kappa shape index (κ1) is 24.8. The second kappa shape index (κ2) is 9.75. The van der Waals surface area contributed by atoms with E-state index in [9.17, 15) is 13.2 Å². The Labute approximate surface area is 208 Å². The number of benzene rings is 2. The van der Waals surface area contributed by atoms with Crippen LogP contribution in [0.15, 0.2) is 58.9 Å². The number of carbonyl (C=O) groups is 1. The van der Waals surface area contributed by atoms with E-state index in [0.29, 0.717) is 35.0 Å². The van der Waals surface area contributed by atoms with E-state index in [2.05, 4.69) is 11.6 Å². The van der Waals surface area contributed by atoms with Crippen LogP contribution in [0.1, 0.15) is 29.8 Å². The zero-order chi connectivity index (χ0) is 24.6. The number of morpholine rings is 1. The van der Waals surface area contributed by atoms with Gasteiger partial charge in [-0.05, 0) is 62.7 Å². The van der Waals surface area contributed by atoms with Crippen molar-refractivity contribution >= 4 is 49.1 Å². The fourth-order valence-corrected chi connectivity index (χ4v) is 6.94. The summed E-state index contributed by atoms with van der Waals surface area (Å²) in [5.74, 6) is -0.453. The van der Waals surface area contributed by atoms with Gasteiger partial charge < -0.3 is 9.30 Å². The Morgan fingerprint density at radius 1 is 1.21 bits per heavy atom. The summed E-state index contributed by atoms with van der Waals surface area (Å²) in [6, 6.07) is 9.64. The van der Waals surface area contributed by atoms with E-state index in [4.69, 9.17) is 16.3 Å². The van der Waals surface area contributed by atoms with Crippen molar-refractivity contribution < 1.29 is 17.9 Å². The average molecular weight is 520 g/mol. The lowest BCUT2D eigenvalue weighted by Gasteiger charge is -2.34. The molecule has 1 saturated heterocycles. The summed E-state index contributed by atoms with van der Waals surface area (Å²) >= 11 is 7.69. The van der Waals surface area contributed by atoms with Crippen molar-refractivity contribution in [1.82, 2.24) is 8.87 Å². The van der Waals surface area contributed by atoms with E-state index >= 15 is 0 Å². The lowest BCUT2D eigenvalue weighted by atomic mass is 10.2. The molecule has 4 rings (SSSR count). The first-order valence-electron chi connectivity index (χ1n) is 10.9. The van der Waals surface area contributed by atoms with Crippen LogP contribution in [0.4, 0.5) is 0 Å². The molecule has 180 valence electrons. The van der Waals surface area contributed by atoms with Crippen molar-refractivity contribution in [3.63, 3.8) is 0 Å². The second-order valence-electron chi connectivity index (χ2n) is 8.32. The minimum absolute atomic E-state index is 0.138. The van der Waals surface area contributed by atoms with Gasteiger partial charge in [0.2, 0.25) is 10.0 Å². The summed E-state index contributed by atoms with van der Waals surface area (Å²) in [4.78, 5) is 17.9. The van der Waals surface area contributed by atoms with Gasteiger partial charge in [-0.15, -0.1) is 6.58 Å². The van der Waals surface area contributed by atoms with Crippen molar-refractivity contribution in [3.05, 3.63) is 70.0 Å². The number of hydrogen-bond donors (Lipinski definition) is 0. The van der Waals surface area contributed by atoms with Gasteiger partial charge in [0, 0.05) is 30.2 Å². The number of thiazole rings is 1. The summed E-state index contributed by atoms with van der Waals surface area (Å²) in [5.41, 5.74) is 2.13. The van der Waals surface area contributed by atoms with Gasteiger partial charge in [-0.3, -0.25) is 4.79 Å². The first-order valence-corrected chi connectivity index (χ1v) is 13.5. The predicted octanol–water partition coefficient (Wildman–Crippen LogP) is 4.39. The molecule has 2 unspecified atom stereocenters. The summed E-state index contributed by atoms with van der Waals surface area (Å²) in [6.45, 7) is 10.5. The maximum Gasteiger partial charge on any atom is 0.279 e. The van der Waals surface area contributed by atoms with Crippen molar-refractivity contribution in [2.75, 3.05) is 13.1 Å². The summed E-state index contributed by atoms with van der Waals surface area (Å²) in [5, 5.41) is 0.641. The molecule has 1 aromatic heterocycles. The van der Waals surface area contributed by atoms with Crippen LogP contribution in [-0.2, 0) is 21.3 Å². The fraction of sp³-hybridized carbons (Fsp3) is 0.333. The van der Waals surface area contributed by atoms with E-state index in [1.807, 2.05) is 37.5 Å². The number of rotatable bonds is 5. The van der Waals surface area contributed by atoms with Gasteiger partial charge in [-0.2, -0.15) is 9.30 Å². The van der Waals surface area contributed by atoms with Crippen molar-refractivity contribution in [2.24, 2.45) is 4.99 Å². The van der Waals surface area contributed by atoms with E-state index in [-0.39, 0.29) is 17.1 Å². The summed E-state index contributed by atoms with van der Waals surface area (Å²) in [6.07, 6.45) is 1.38. The molecule has 1 fully saturated rings. The molecule has 2 atom stereocenters. The van der Waals surface area contributed by atoms with Crippen LogP contribution in [-0.4, -0.2) is 48.5 Å². The number of carbonyl (C=O) groups excluding carboxylic acids is 1. The van der Waals surface area contributed by atoms with Crippen LogP contribution in [0.5, 0.6) is 0 Å². The molecule has 0 N–H and O–H groups in total. The van der Waals surface area contributed by atoms with E-state index in [1.54, 1.807) is 6.08 Å². The zero-order valence-electron chi connectivity index (χ0n) is 19.2. The summed E-state index contributed by atoms with van der Waals surface area (Å²) < 4.78 is 36.1. The first-order chi connectivity index (χ1) is 16.1. The maximum atomic E-state index is 13.1. The number of halogens is 1. The highest BCUT2D eigenvalue weighted by Crippen LogP contribution is 2.27. The Hall–Kier alpha value is -2.30. The van der Waals surface area contributed by atoms with Crippen LogP contribution in [0.3, 0.4) is 0 Å². The third-order valence-corrected chi connectivity index (χ3v) is 8.96. The molecule has 3 aromatic rings. The van der Waals surface area contributed by atoms with Crippen LogP contribution < -0.4 is 4.80 Å². The SMILES string of the molecule is C=CCn1c(=NC(=O)c2ccc(S(=O)(=O)N3CC(C)OC(C)C3)cc2)sc2ccc(Cl)c(C)c21. The molecule has 1 amide bonds. The Morgan fingerprint density at radius 3 is 2.47 bits per heavy atom. The van der Waals surface area contributed by atoms with E-state index < -0.39 is 15.9 Å². The zero-order valence-corrected chi connectivity index (χ0v) is 21.6. The van der Waals surface area contributed by atoms with Crippen LogP contribution in [0.2, 0.25) is 5.02 Å². The molecule has 7 nitrogen and oxygen atoms in total.